The Morgan fingerprint density at radius 1 is 1.28 bits per heavy atom. The summed E-state index contributed by atoms with van der Waals surface area (Å²) in [5.41, 5.74) is 10.0. The minimum absolute atomic E-state index is 0. The van der Waals surface area contributed by atoms with Crippen molar-refractivity contribution in [1.29, 1.82) is 0 Å². The molecule has 0 fully saturated rings. The first-order chi connectivity index (χ1) is 8.25. The van der Waals surface area contributed by atoms with Gasteiger partial charge in [-0.1, -0.05) is 30.4 Å². The molecule has 1 aromatic rings. The van der Waals surface area contributed by atoms with Crippen LogP contribution in [0, 0.1) is 0 Å². The van der Waals surface area contributed by atoms with Crippen molar-refractivity contribution in [3.8, 4) is 0 Å². The Morgan fingerprint density at radius 2 is 2.06 bits per heavy atom. The molecule has 0 atom stereocenters. The molecular weight excluding hydrogens is 248 g/mol. The summed E-state index contributed by atoms with van der Waals surface area (Å²) in [5.74, 6) is -0.395. The summed E-state index contributed by atoms with van der Waals surface area (Å²) in [7, 11) is 0. The van der Waals surface area contributed by atoms with Gasteiger partial charge in [0.05, 0.1) is 11.3 Å². The van der Waals surface area contributed by atoms with Gasteiger partial charge < -0.3 is 11.1 Å². The number of nitrogens with two attached hydrogens (primary N) is 1. The van der Waals surface area contributed by atoms with Gasteiger partial charge in [-0.05, 0) is 29.7 Å². The highest BCUT2D eigenvalue weighted by atomic mass is 35.5. The van der Waals surface area contributed by atoms with Gasteiger partial charge in [-0.25, -0.2) is 0 Å². The van der Waals surface area contributed by atoms with Crippen LogP contribution < -0.4 is 11.1 Å². The standard InChI is InChI=1S/C14H12N2O.ClH/c15-14(17)11-6-3-5-10-8-9-4-1-2-7-12(9)16-13(10)11;/h1-4,6-8,16H,5H2,(H2,15,17);1H. The van der Waals surface area contributed by atoms with E-state index in [1.165, 1.54) is 0 Å². The average Bonchev–Trinajstić information content (AvgIpc) is 2.35. The molecule has 3 N–H and O–H groups in total. The van der Waals surface area contributed by atoms with Crippen LogP contribution in [0.15, 0.2) is 53.3 Å². The van der Waals surface area contributed by atoms with Gasteiger partial charge in [0.2, 0.25) is 0 Å². The molecule has 0 spiro atoms. The minimum atomic E-state index is -0.395. The lowest BCUT2D eigenvalue weighted by Gasteiger charge is -2.25. The number of halogens is 1. The summed E-state index contributed by atoms with van der Waals surface area (Å²) in [6.07, 6.45) is 6.68. The van der Waals surface area contributed by atoms with Crippen LogP contribution in [-0.4, -0.2) is 5.91 Å². The van der Waals surface area contributed by atoms with Gasteiger partial charge in [0.1, 0.15) is 0 Å². The van der Waals surface area contributed by atoms with Crippen LogP contribution in [0.4, 0.5) is 5.69 Å². The molecule has 0 bridgehead atoms. The minimum Gasteiger partial charge on any atom is -0.366 e. The Labute approximate surface area is 111 Å². The Bertz CT molecular complexity index is 600. The second-order valence-electron chi connectivity index (χ2n) is 4.14. The first-order valence-electron chi connectivity index (χ1n) is 5.53. The molecule has 0 aromatic heterocycles. The summed E-state index contributed by atoms with van der Waals surface area (Å²) in [5, 5.41) is 3.29. The maximum absolute atomic E-state index is 11.4. The van der Waals surface area contributed by atoms with Gasteiger partial charge >= 0.3 is 0 Å². The molecule has 1 heterocycles. The quantitative estimate of drug-likeness (QED) is 0.816. The van der Waals surface area contributed by atoms with E-state index >= 15 is 0 Å². The molecule has 3 rings (SSSR count). The van der Waals surface area contributed by atoms with Crippen molar-refractivity contribution in [2.24, 2.45) is 5.73 Å². The number of rotatable bonds is 1. The summed E-state index contributed by atoms with van der Waals surface area (Å²) < 4.78 is 0. The SMILES string of the molecule is Cl.NC(=O)C1=C2Nc3ccccc3C=C2CC=C1. The number of nitrogens with one attached hydrogen (secondary N) is 1. The van der Waals surface area contributed by atoms with Crippen molar-refractivity contribution in [2.75, 3.05) is 5.32 Å². The fourth-order valence-electron chi connectivity index (χ4n) is 2.21. The predicted molar refractivity (Wildman–Crippen MR) is 75.3 cm³/mol. The molecule has 92 valence electrons. The number of hydrogen-bond acceptors (Lipinski definition) is 2. The Hall–Kier alpha value is -2.00. The Morgan fingerprint density at radius 3 is 2.83 bits per heavy atom. The van der Waals surface area contributed by atoms with Crippen molar-refractivity contribution in [2.45, 2.75) is 6.42 Å². The highest BCUT2D eigenvalue weighted by molar-refractivity contribution is 5.99. The van der Waals surface area contributed by atoms with Crippen molar-refractivity contribution in [3.05, 3.63) is 58.8 Å². The number of allylic oxidation sites excluding steroid dienone is 2. The lowest BCUT2D eigenvalue weighted by atomic mass is 9.92. The van der Waals surface area contributed by atoms with Gasteiger partial charge in [-0.2, -0.15) is 0 Å². The van der Waals surface area contributed by atoms with E-state index in [2.05, 4.69) is 11.4 Å². The molecule has 0 unspecified atom stereocenters. The van der Waals surface area contributed by atoms with Crippen LogP contribution in [0.5, 0.6) is 0 Å². The van der Waals surface area contributed by atoms with E-state index < -0.39 is 5.91 Å². The van der Waals surface area contributed by atoms with E-state index in [1.807, 2.05) is 30.3 Å². The molecule has 0 radical (unpaired) electrons. The number of fused-ring (bicyclic) bond motifs is 2. The van der Waals surface area contributed by atoms with Crippen LogP contribution in [0.2, 0.25) is 0 Å². The van der Waals surface area contributed by atoms with Crippen LogP contribution >= 0.6 is 12.4 Å². The van der Waals surface area contributed by atoms with Crippen molar-refractivity contribution in [3.63, 3.8) is 0 Å². The van der Waals surface area contributed by atoms with Crippen LogP contribution in [0.25, 0.3) is 6.08 Å². The fourth-order valence-corrected chi connectivity index (χ4v) is 2.21. The fraction of sp³-hybridized carbons (Fsp3) is 0.0714. The number of carbonyl (C=O) groups excluding carboxylic acids is 1. The van der Waals surface area contributed by atoms with E-state index in [0.717, 1.165) is 28.9 Å². The first-order valence-corrected chi connectivity index (χ1v) is 5.53. The number of carbonyl (C=O) groups is 1. The van der Waals surface area contributed by atoms with E-state index in [-0.39, 0.29) is 12.4 Å². The number of primary amides is 1. The summed E-state index contributed by atoms with van der Waals surface area (Å²) >= 11 is 0. The number of anilines is 1. The monoisotopic (exact) mass is 260 g/mol. The second-order valence-corrected chi connectivity index (χ2v) is 4.14. The van der Waals surface area contributed by atoms with Crippen LogP contribution in [-0.2, 0) is 4.79 Å². The number of benzene rings is 1. The zero-order valence-electron chi connectivity index (χ0n) is 9.64. The van der Waals surface area contributed by atoms with Gasteiger partial charge in [0.25, 0.3) is 5.91 Å². The van der Waals surface area contributed by atoms with Crippen LogP contribution in [0.1, 0.15) is 12.0 Å². The zero-order chi connectivity index (χ0) is 11.8. The lowest BCUT2D eigenvalue weighted by Crippen LogP contribution is -2.21. The Balaban J connectivity index is 0.00000120. The molecule has 0 saturated carbocycles. The molecule has 1 amide bonds. The number of hydrogen-bond donors (Lipinski definition) is 2. The summed E-state index contributed by atoms with van der Waals surface area (Å²) in [4.78, 5) is 11.4. The molecule has 2 aliphatic rings. The van der Waals surface area contributed by atoms with Gasteiger partial charge in [-0.15, -0.1) is 12.4 Å². The third-order valence-electron chi connectivity index (χ3n) is 3.03. The number of amides is 1. The van der Waals surface area contributed by atoms with Crippen LogP contribution in [0.3, 0.4) is 0 Å². The molecule has 3 nitrogen and oxygen atoms in total. The Kier molecular flexibility index (Phi) is 3.26. The highest BCUT2D eigenvalue weighted by Crippen LogP contribution is 2.34. The van der Waals surface area contributed by atoms with Crippen molar-refractivity contribution < 1.29 is 4.79 Å². The smallest absolute Gasteiger partial charge is 0.250 e. The zero-order valence-corrected chi connectivity index (χ0v) is 10.5. The van der Waals surface area contributed by atoms with Gasteiger partial charge in [0.15, 0.2) is 0 Å². The average molecular weight is 261 g/mol. The maximum atomic E-state index is 11.4. The lowest BCUT2D eigenvalue weighted by molar-refractivity contribution is -0.114. The summed E-state index contributed by atoms with van der Waals surface area (Å²) in [6, 6.07) is 8.01. The molecule has 1 aliphatic carbocycles. The molecule has 0 saturated heterocycles. The summed E-state index contributed by atoms with van der Waals surface area (Å²) in [6.45, 7) is 0. The third-order valence-corrected chi connectivity index (χ3v) is 3.03. The second kappa shape index (κ2) is 4.70. The normalized spacial score (nSPS) is 15.9. The van der Waals surface area contributed by atoms with Gasteiger partial charge in [0, 0.05) is 5.69 Å². The van der Waals surface area contributed by atoms with E-state index in [1.54, 1.807) is 6.08 Å². The van der Waals surface area contributed by atoms with E-state index in [4.69, 9.17) is 5.73 Å². The predicted octanol–water partition coefficient (Wildman–Crippen LogP) is 2.62. The number of para-hydroxylation sites is 1. The van der Waals surface area contributed by atoms with Crippen molar-refractivity contribution >= 4 is 30.1 Å². The first kappa shape index (κ1) is 12.5. The van der Waals surface area contributed by atoms with E-state index in [0.29, 0.717) is 5.57 Å². The van der Waals surface area contributed by atoms with Gasteiger partial charge in [-0.3, -0.25) is 4.79 Å². The third kappa shape index (κ3) is 1.93. The molecule has 1 aliphatic heterocycles. The molecule has 4 heteroatoms. The largest absolute Gasteiger partial charge is 0.366 e. The molecule has 1 aromatic carbocycles. The topological polar surface area (TPSA) is 55.1 Å². The van der Waals surface area contributed by atoms with Crippen molar-refractivity contribution in [1.82, 2.24) is 0 Å². The maximum Gasteiger partial charge on any atom is 0.250 e. The molecule has 18 heavy (non-hydrogen) atoms. The highest BCUT2D eigenvalue weighted by Gasteiger charge is 2.21. The van der Waals surface area contributed by atoms with E-state index in [9.17, 15) is 4.79 Å². The molecular formula is C14H13ClN2O.